The summed E-state index contributed by atoms with van der Waals surface area (Å²) in [5.41, 5.74) is 1.55. The van der Waals surface area contributed by atoms with Crippen LogP contribution in [0.15, 0.2) is 54.6 Å². The molecule has 2 aromatic carbocycles. The summed E-state index contributed by atoms with van der Waals surface area (Å²) >= 11 is 0. The number of aromatic hydroxyl groups is 1. The summed E-state index contributed by atoms with van der Waals surface area (Å²) in [6, 6.07) is 16.1. The molecule has 0 aliphatic carbocycles. The summed E-state index contributed by atoms with van der Waals surface area (Å²) in [4.78, 5) is 13.6. The Bertz CT molecular complexity index is 569. The molecule has 4 heteroatoms. The molecule has 4 nitrogen and oxygen atoms in total. The lowest BCUT2D eigenvalue weighted by atomic mass is 10.2. The molecule has 2 aromatic rings. The molecule has 1 amide bonds. The van der Waals surface area contributed by atoms with E-state index in [0.29, 0.717) is 12.2 Å². The minimum absolute atomic E-state index is 0.122. The van der Waals surface area contributed by atoms with Gasteiger partial charge in [-0.25, -0.2) is 4.79 Å². The predicted octanol–water partition coefficient (Wildman–Crippen LogP) is 3.56. The van der Waals surface area contributed by atoms with Gasteiger partial charge in [-0.15, -0.1) is 0 Å². The molecule has 0 saturated carbocycles. The zero-order chi connectivity index (χ0) is 14.4. The number of carbonyl (C=O) groups excluding carboxylic acids is 1. The van der Waals surface area contributed by atoms with E-state index >= 15 is 0 Å². The Labute approximate surface area is 118 Å². The van der Waals surface area contributed by atoms with Crippen LogP contribution in [0.2, 0.25) is 0 Å². The number of hydrogen-bond donors (Lipinski definition) is 1. The molecule has 0 saturated heterocycles. The SMILES string of the molecule is CCN(C(=O)OCc1ccccc1)c1cccc(O)c1. The molecule has 2 rings (SSSR count). The molecule has 20 heavy (non-hydrogen) atoms. The fourth-order valence-corrected chi connectivity index (χ4v) is 1.88. The van der Waals surface area contributed by atoms with Gasteiger partial charge < -0.3 is 9.84 Å². The largest absolute Gasteiger partial charge is 0.508 e. The third-order valence-corrected chi connectivity index (χ3v) is 2.88. The van der Waals surface area contributed by atoms with E-state index in [1.54, 1.807) is 18.2 Å². The number of phenols is 1. The van der Waals surface area contributed by atoms with Gasteiger partial charge in [-0.3, -0.25) is 4.90 Å². The minimum Gasteiger partial charge on any atom is -0.508 e. The lowest BCUT2D eigenvalue weighted by Gasteiger charge is -2.20. The maximum absolute atomic E-state index is 12.1. The molecule has 0 fully saturated rings. The Kier molecular flexibility index (Phi) is 4.60. The van der Waals surface area contributed by atoms with E-state index in [1.807, 2.05) is 37.3 Å². The molecule has 0 radical (unpaired) electrons. The van der Waals surface area contributed by atoms with E-state index in [9.17, 15) is 9.90 Å². The molecule has 1 N–H and O–H groups in total. The van der Waals surface area contributed by atoms with Gasteiger partial charge in [0.2, 0.25) is 0 Å². The Morgan fingerprint density at radius 3 is 2.55 bits per heavy atom. The van der Waals surface area contributed by atoms with Gasteiger partial charge in [0.1, 0.15) is 12.4 Å². The van der Waals surface area contributed by atoms with Gasteiger partial charge in [-0.2, -0.15) is 0 Å². The summed E-state index contributed by atoms with van der Waals surface area (Å²) in [5.74, 6) is 0.122. The van der Waals surface area contributed by atoms with Crippen LogP contribution in [-0.4, -0.2) is 17.7 Å². The van der Waals surface area contributed by atoms with Gasteiger partial charge in [0, 0.05) is 12.6 Å². The third kappa shape index (κ3) is 3.51. The standard InChI is InChI=1S/C16H17NO3/c1-2-17(14-9-6-10-15(18)11-14)16(19)20-12-13-7-4-3-5-8-13/h3-11,18H,2,12H2,1H3. The molecule has 0 bridgehead atoms. The van der Waals surface area contributed by atoms with Crippen LogP contribution in [0.4, 0.5) is 10.5 Å². The smallest absolute Gasteiger partial charge is 0.414 e. The van der Waals surface area contributed by atoms with Gasteiger partial charge in [0.15, 0.2) is 0 Å². The maximum atomic E-state index is 12.1. The molecule has 0 aliphatic heterocycles. The van der Waals surface area contributed by atoms with Crippen LogP contribution in [0.3, 0.4) is 0 Å². The van der Waals surface area contributed by atoms with Crippen LogP contribution >= 0.6 is 0 Å². The summed E-state index contributed by atoms with van der Waals surface area (Å²) in [7, 11) is 0. The average molecular weight is 271 g/mol. The summed E-state index contributed by atoms with van der Waals surface area (Å²) in [6.45, 7) is 2.56. The number of benzene rings is 2. The quantitative estimate of drug-likeness (QED) is 0.925. The second-order valence-electron chi connectivity index (χ2n) is 4.30. The molecule has 0 spiro atoms. The van der Waals surface area contributed by atoms with Crippen molar-refractivity contribution in [1.29, 1.82) is 0 Å². The highest BCUT2D eigenvalue weighted by Crippen LogP contribution is 2.20. The van der Waals surface area contributed by atoms with Gasteiger partial charge in [0.25, 0.3) is 0 Å². The number of nitrogens with zero attached hydrogens (tertiary/aromatic N) is 1. The zero-order valence-electron chi connectivity index (χ0n) is 11.3. The zero-order valence-corrected chi connectivity index (χ0v) is 11.3. The van der Waals surface area contributed by atoms with E-state index in [4.69, 9.17) is 4.74 Å². The van der Waals surface area contributed by atoms with Crippen LogP contribution in [0.1, 0.15) is 12.5 Å². The van der Waals surface area contributed by atoms with Crippen molar-refractivity contribution in [2.45, 2.75) is 13.5 Å². The second-order valence-corrected chi connectivity index (χ2v) is 4.30. The first-order valence-electron chi connectivity index (χ1n) is 6.48. The Hall–Kier alpha value is -2.49. The van der Waals surface area contributed by atoms with Crippen LogP contribution in [-0.2, 0) is 11.3 Å². The number of hydrogen-bond acceptors (Lipinski definition) is 3. The van der Waals surface area contributed by atoms with E-state index < -0.39 is 6.09 Å². The first-order valence-corrected chi connectivity index (χ1v) is 6.48. The summed E-state index contributed by atoms with van der Waals surface area (Å²) < 4.78 is 5.28. The first kappa shape index (κ1) is 13.9. The van der Waals surface area contributed by atoms with Crippen molar-refractivity contribution < 1.29 is 14.6 Å². The molecule has 0 unspecified atom stereocenters. The highest BCUT2D eigenvalue weighted by Gasteiger charge is 2.15. The van der Waals surface area contributed by atoms with Crippen molar-refractivity contribution in [2.24, 2.45) is 0 Å². The molecule has 104 valence electrons. The van der Waals surface area contributed by atoms with E-state index in [2.05, 4.69) is 0 Å². The van der Waals surface area contributed by atoms with Crippen molar-refractivity contribution in [2.75, 3.05) is 11.4 Å². The molecule has 0 heterocycles. The fraction of sp³-hybridized carbons (Fsp3) is 0.188. The second kappa shape index (κ2) is 6.61. The van der Waals surface area contributed by atoms with Crippen LogP contribution < -0.4 is 4.90 Å². The van der Waals surface area contributed by atoms with Gasteiger partial charge in [-0.05, 0) is 24.6 Å². The topological polar surface area (TPSA) is 49.8 Å². The first-order chi connectivity index (χ1) is 9.70. The van der Waals surface area contributed by atoms with Crippen LogP contribution in [0, 0.1) is 0 Å². The van der Waals surface area contributed by atoms with Gasteiger partial charge in [0.05, 0.1) is 5.69 Å². The normalized spacial score (nSPS) is 10.1. The van der Waals surface area contributed by atoms with Crippen molar-refractivity contribution >= 4 is 11.8 Å². The lowest BCUT2D eigenvalue weighted by molar-refractivity contribution is 0.147. The fourth-order valence-electron chi connectivity index (χ4n) is 1.88. The summed E-state index contributed by atoms with van der Waals surface area (Å²) in [5, 5.41) is 9.47. The number of phenolic OH excluding ortho intramolecular Hbond substituents is 1. The highest BCUT2D eigenvalue weighted by molar-refractivity contribution is 5.87. The number of rotatable bonds is 4. The van der Waals surface area contributed by atoms with Crippen LogP contribution in [0.5, 0.6) is 5.75 Å². The molecular weight excluding hydrogens is 254 g/mol. The van der Waals surface area contributed by atoms with Crippen molar-refractivity contribution in [3.8, 4) is 5.75 Å². The number of ether oxygens (including phenoxy) is 1. The third-order valence-electron chi connectivity index (χ3n) is 2.88. The van der Waals surface area contributed by atoms with Crippen molar-refractivity contribution in [3.63, 3.8) is 0 Å². The monoisotopic (exact) mass is 271 g/mol. The predicted molar refractivity (Wildman–Crippen MR) is 77.8 cm³/mol. The van der Waals surface area contributed by atoms with Gasteiger partial charge >= 0.3 is 6.09 Å². The minimum atomic E-state index is -0.429. The molecular formula is C16H17NO3. The van der Waals surface area contributed by atoms with Crippen LogP contribution in [0.25, 0.3) is 0 Å². The average Bonchev–Trinajstić information content (AvgIpc) is 2.47. The van der Waals surface area contributed by atoms with Gasteiger partial charge in [-0.1, -0.05) is 36.4 Å². The maximum Gasteiger partial charge on any atom is 0.414 e. The Morgan fingerprint density at radius 2 is 1.90 bits per heavy atom. The molecule has 0 aliphatic rings. The summed E-state index contributed by atoms with van der Waals surface area (Å²) in [6.07, 6.45) is -0.429. The highest BCUT2D eigenvalue weighted by atomic mass is 16.6. The molecule has 0 atom stereocenters. The number of amides is 1. The molecule has 0 aromatic heterocycles. The van der Waals surface area contributed by atoms with E-state index in [1.165, 1.54) is 11.0 Å². The van der Waals surface area contributed by atoms with Crippen molar-refractivity contribution in [1.82, 2.24) is 0 Å². The lowest BCUT2D eigenvalue weighted by Crippen LogP contribution is -2.31. The van der Waals surface area contributed by atoms with E-state index in [-0.39, 0.29) is 12.4 Å². The van der Waals surface area contributed by atoms with E-state index in [0.717, 1.165) is 5.56 Å². The number of anilines is 1. The Morgan fingerprint density at radius 1 is 1.15 bits per heavy atom. The Balaban J connectivity index is 2.02. The number of carbonyl (C=O) groups is 1. The van der Waals surface area contributed by atoms with Crippen molar-refractivity contribution in [3.05, 3.63) is 60.2 Å².